The first-order valence-corrected chi connectivity index (χ1v) is 10.3. The van der Waals surface area contributed by atoms with Gasteiger partial charge in [0.15, 0.2) is 11.5 Å². The second-order valence-electron chi connectivity index (χ2n) is 7.32. The Bertz CT molecular complexity index is 934. The van der Waals surface area contributed by atoms with Crippen molar-refractivity contribution in [1.82, 2.24) is 4.90 Å². The van der Waals surface area contributed by atoms with E-state index < -0.39 is 0 Å². The Labute approximate surface area is 186 Å². The predicted octanol–water partition coefficient (Wildman–Crippen LogP) is 2.77. The molecule has 1 aliphatic heterocycles. The molecule has 1 fully saturated rings. The first kappa shape index (κ1) is 23.1. The number of hydrogen-bond acceptors (Lipinski definition) is 8. The Kier molecular flexibility index (Phi) is 7.72. The van der Waals surface area contributed by atoms with Gasteiger partial charge in [-0.25, -0.2) is 0 Å². The maximum Gasteiger partial charge on any atom is 0.271 e. The zero-order chi connectivity index (χ0) is 23.1. The number of nitrogens with zero attached hydrogens (tertiary/aromatic N) is 3. The minimum Gasteiger partial charge on any atom is -0.493 e. The minimum absolute atomic E-state index is 0.0911. The van der Waals surface area contributed by atoms with Gasteiger partial charge in [-0.3, -0.25) is 19.8 Å². The molecule has 0 spiro atoms. The molecule has 32 heavy (non-hydrogen) atoms. The van der Waals surface area contributed by atoms with E-state index in [0.29, 0.717) is 35.9 Å². The van der Waals surface area contributed by atoms with E-state index in [1.165, 1.54) is 27.4 Å². The molecular weight excluding hydrogens is 416 g/mol. The molecule has 3 rings (SSSR count). The van der Waals surface area contributed by atoms with Crippen LogP contribution >= 0.6 is 0 Å². The van der Waals surface area contributed by atoms with Crippen LogP contribution in [0.2, 0.25) is 0 Å². The van der Waals surface area contributed by atoms with Crippen LogP contribution in [0.5, 0.6) is 17.2 Å². The van der Waals surface area contributed by atoms with Crippen molar-refractivity contribution in [3.05, 3.63) is 46.5 Å². The molecule has 172 valence electrons. The summed E-state index contributed by atoms with van der Waals surface area (Å²) in [5, 5.41) is 13.9. The number of carbonyl (C=O) groups excluding carboxylic acids is 1. The van der Waals surface area contributed by atoms with Crippen molar-refractivity contribution < 1.29 is 23.9 Å². The molecule has 1 aliphatic rings. The van der Waals surface area contributed by atoms with Crippen molar-refractivity contribution in [3.63, 3.8) is 0 Å². The Hall–Kier alpha value is -3.53. The molecule has 0 atom stereocenters. The number of nitro groups is 1. The molecule has 10 heteroatoms. The second kappa shape index (κ2) is 10.7. The third kappa shape index (κ3) is 5.58. The van der Waals surface area contributed by atoms with E-state index in [9.17, 15) is 14.9 Å². The number of nitro benzene ring substituents is 1. The van der Waals surface area contributed by atoms with Gasteiger partial charge in [-0.2, -0.15) is 0 Å². The topological polar surface area (TPSA) is 106 Å². The van der Waals surface area contributed by atoms with E-state index in [1.807, 2.05) is 6.07 Å². The summed E-state index contributed by atoms with van der Waals surface area (Å²) in [4.78, 5) is 27.4. The molecule has 0 radical (unpaired) electrons. The molecule has 10 nitrogen and oxygen atoms in total. The van der Waals surface area contributed by atoms with Gasteiger partial charge in [-0.15, -0.1) is 0 Å². The first-order chi connectivity index (χ1) is 15.4. The standard InChI is InChI=1S/C22H28N4O6/c1-30-19-13-16(14-20(31-2)22(19)32-3)23-21(27)7-8-24-9-11-25(12-10-24)17-5-4-6-18(15-17)26(28)29/h4-6,13-15H,7-12H2,1-3H3,(H,23,27). The molecule has 1 N–H and O–H groups in total. The highest BCUT2D eigenvalue weighted by atomic mass is 16.6. The maximum atomic E-state index is 12.5. The number of methoxy groups -OCH3 is 3. The lowest BCUT2D eigenvalue weighted by molar-refractivity contribution is -0.384. The first-order valence-electron chi connectivity index (χ1n) is 10.3. The zero-order valence-electron chi connectivity index (χ0n) is 18.5. The number of non-ortho nitro benzene ring substituents is 1. The van der Waals surface area contributed by atoms with Gasteiger partial charge in [0.1, 0.15) is 0 Å². The van der Waals surface area contributed by atoms with Crippen LogP contribution < -0.4 is 24.4 Å². The molecule has 1 heterocycles. The summed E-state index contributed by atoms with van der Waals surface area (Å²) in [6.07, 6.45) is 0.341. The fourth-order valence-corrected chi connectivity index (χ4v) is 3.67. The quantitative estimate of drug-likeness (QED) is 0.465. The number of hydrogen-bond donors (Lipinski definition) is 1. The summed E-state index contributed by atoms with van der Waals surface area (Å²) in [5.74, 6) is 1.30. The Morgan fingerprint density at radius 3 is 2.25 bits per heavy atom. The molecular formula is C22H28N4O6. The number of benzene rings is 2. The fraction of sp³-hybridized carbons (Fsp3) is 0.409. The molecule has 0 aliphatic carbocycles. The molecule has 1 amide bonds. The van der Waals surface area contributed by atoms with E-state index in [1.54, 1.807) is 24.3 Å². The van der Waals surface area contributed by atoms with Crippen LogP contribution in [0.15, 0.2) is 36.4 Å². The maximum absolute atomic E-state index is 12.5. The molecule has 2 aromatic rings. The summed E-state index contributed by atoms with van der Waals surface area (Å²) in [5.41, 5.74) is 1.51. The van der Waals surface area contributed by atoms with Gasteiger partial charge in [0, 0.05) is 74.8 Å². The van der Waals surface area contributed by atoms with E-state index in [4.69, 9.17) is 14.2 Å². The largest absolute Gasteiger partial charge is 0.493 e. The minimum atomic E-state index is -0.383. The average Bonchev–Trinajstić information content (AvgIpc) is 2.82. The van der Waals surface area contributed by atoms with Crippen LogP contribution in [0.3, 0.4) is 0 Å². The number of ether oxygens (including phenoxy) is 3. The molecule has 2 aromatic carbocycles. The summed E-state index contributed by atoms with van der Waals surface area (Å²) < 4.78 is 15.9. The molecule has 0 unspecified atom stereocenters. The number of nitrogens with one attached hydrogen (secondary N) is 1. The second-order valence-corrected chi connectivity index (χ2v) is 7.32. The van der Waals surface area contributed by atoms with Crippen molar-refractivity contribution >= 4 is 23.0 Å². The third-order valence-electron chi connectivity index (χ3n) is 5.38. The molecule has 1 saturated heterocycles. The van der Waals surface area contributed by atoms with Crippen LogP contribution in [0, 0.1) is 10.1 Å². The highest BCUT2D eigenvalue weighted by Gasteiger charge is 2.20. The number of carbonyl (C=O) groups is 1. The predicted molar refractivity (Wildman–Crippen MR) is 121 cm³/mol. The summed E-state index contributed by atoms with van der Waals surface area (Å²) in [7, 11) is 4.57. The van der Waals surface area contributed by atoms with Gasteiger partial charge in [0.2, 0.25) is 11.7 Å². The summed E-state index contributed by atoms with van der Waals surface area (Å²) in [6.45, 7) is 3.67. The van der Waals surface area contributed by atoms with Gasteiger partial charge >= 0.3 is 0 Å². The highest BCUT2D eigenvalue weighted by molar-refractivity contribution is 5.91. The van der Waals surface area contributed by atoms with Crippen LogP contribution in [-0.2, 0) is 4.79 Å². The van der Waals surface area contributed by atoms with Crippen molar-refractivity contribution in [1.29, 1.82) is 0 Å². The lowest BCUT2D eigenvalue weighted by Gasteiger charge is -2.35. The van der Waals surface area contributed by atoms with E-state index in [0.717, 1.165) is 31.9 Å². The molecule has 0 aromatic heterocycles. The van der Waals surface area contributed by atoms with Gasteiger partial charge in [-0.1, -0.05) is 6.07 Å². The fourth-order valence-electron chi connectivity index (χ4n) is 3.67. The Morgan fingerprint density at radius 1 is 1.03 bits per heavy atom. The number of rotatable bonds is 9. The molecule has 0 saturated carbocycles. The van der Waals surface area contributed by atoms with Crippen molar-refractivity contribution in [3.8, 4) is 17.2 Å². The van der Waals surface area contributed by atoms with Crippen LogP contribution in [0.1, 0.15) is 6.42 Å². The number of amides is 1. The van der Waals surface area contributed by atoms with Gasteiger partial charge < -0.3 is 24.4 Å². The Morgan fingerprint density at radius 2 is 1.69 bits per heavy atom. The Balaban J connectivity index is 1.50. The van der Waals surface area contributed by atoms with E-state index in [-0.39, 0.29) is 16.5 Å². The molecule has 0 bridgehead atoms. The van der Waals surface area contributed by atoms with Crippen LogP contribution in [-0.4, -0.2) is 69.8 Å². The van der Waals surface area contributed by atoms with Crippen molar-refractivity contribution in [2.75, 3.05) is 64.3 Å². The lowest BCUT2D eigenvalue weighted by atomic mass is 10.2. The van der Waals surface area contributed by atoms with Crippen LogP contribution in [0.4, 0.5) is 17.1 Å². The van der Waals surface area contributed by atoms with Crippen molar-refractivity contribution in [2.45, 2.75) is 6.42 Å². The zero-order valence-corrected chi connectivity index (χ0v) is 18.5. The monoisotopic (exact) mass is 444 g/mol. The summed E-state index contributed by atoms with van der Waals surface area (Å²) >= 11 is 0. The third-order valence-corrected chi connectivity index (χ3v) is 5.38. The van der Waals surface area contributed by atoms with Gasteiger partial charge in [0.25, 0.3) is 5.69 Å². The smallest absolute Gasteiger partial charge is 0.271 e. The van der Waals surface area contributed by atoms with Gasteiger partial charge in [-0.05, 0) is 6.07 Å². The summed E-state index contributed by atoms with van der Waals surface area (Å²) in [6, 6.07) is 10.1. The van der Waals surface area contributed by atoms with Crippen LogP contribution in [0.25, 0.3) is 0 Å². The van der Waals surface area contributed by atoms with E-state index >= 15 is 0 Å². The van der Waals surface area contributed by atoms with Gasteiger partial charge in [0.05, 0.1) is 26.3 Å². The lowest BCUT2D eigenvalue weighted by Crippen LogP contribution is -2.47. The van der Waals surface area contributed by atoms with Crippen molar-refractivity contribution in [2.24, 2.45) is 0 Å². The highest BCUT2D eigenvalue weighted by Crippen LogP contribution is 2.39. The number of anilines is 2. The average molecular weight is 444 g/mol. The SMILES string of the molecule is COc1cc(NC(=O)CCN2CCN(c3cccc([N+](=O)[O-])c3)CC2)cc(OC)c1OC. The normalized spacial score (nSPS) is 14.0. The number of piperazine rings is 1. The van der Waals surface area contributed by atoms with E-state index in [2.05, 4.69) is 15.1 Å².